The van der Waals surface area contributed by atoms with E-state index in [0.717, 1.165) is 26.8 Å². The highest BCUT2D eigenvalue weighted by molar-refractivity contribution is 7.76. The standard InChI is InChI=1S/C26H28N4O6S/c1-19(17-25(31)32)30(37(33)34)29-14-12-28(13-15-29)22-8-5-20(6-9-22)3-4-21-7-10-24(35-2)23(18-21)26-27-11-16-36-26/h5-11,16,18-19H,12-15,17H2,1-2H3,(H,31,32)(H,33,34)/p-1. The molecular formula is C26H27N4O6S-. The van der Waals surface area contributed by atoms with E-state index in [1.54, 1.807) is 25.2 Å². The minimum atomic E-state index is -2.54. The lowest BCUT2D eigenvalue weighted by molar-refractivity contribution is -0.139. The third kappa shape index (κ3) is 6.55. The first kappa shape index (κ1) is 26.4. The number of carbonyl (C=O) groups is 1. The Balaban J connectivity index is 1.40. The molecule has 1 aliphatic heterocycles. The number of carboxylic acids is 1. The molecule has 0 bridgehead atoms. The second kappa shape index (κ2) is 12.0. The van der Waals surface area contributed by atoms with Crippen LogP contribution in [0.3, 0.4) is 0 Å². The van der Waals surface area contributed by atoms with Gasteiger partial charge in [0.25, 0.3) is 0 Å². The highest BCUT2D eigenvalue weighted by atomic mass is 32.2. The van der Waals surface area contributed by atoms with Crippen LogP contribution in [0.4, 0.5) is 5.69 Å². The fraction of sp³-hybridized carbons (Fsp3) is 0.308. The molecule has 0 aliphatic carbocycles. The van der Waals surface area contributed by atoms with Gasteiger partial charge in [0.2, 0.25) is 5.89 Å². The summed E-state index contributed by atoms with van der Waals surface area (Å²) < 4.78 is 35.4. The minimum Gasteiger partial charge on any atom is -0.759 e. The molecule has 2 atom stereocenters. The van der Waals surface area contributed by atoms with E-state index in [9.17, 15) is 13.6 Å². The Kier molecular flexibility index (Phi) is 8.58. The van der Waals surface area contributed by atoms with Gasteiger partial charge >= 0.3 is 5.97 Å². The number of methoxy groups -OCH3 is 1. The van der Waals surface area contributed by atoms with Crippen LogP contribution in [-0.4, -0.2) is 73.6 Å². The van der Waals surface area contributed by atoms with Gasteiger partial charge in [-0.05, 0) is 49.4 Å². The van der Waals surface area contributed by atoms with E-state index in [2.05, 4.69) is 21.7 Å². The largest absolute Gasteiger partial charge is 0.759 e. The molecule has 3 aromatic rings. The molecule has 2 unspecified atom stereocenters. The van der Waals surface area contributed by atoms with Gasteiger partial charge in [0.05, 0.1) is 25.3 Å². The zero-order valence-electron chi connectivity index (χ0n) is 20.5. The zero-order valence-corrected chi connectivity index (χ0v) is 21.3. The highest BCUT2D eigenvalue weighted by Crippen LogP contribution is 2.29. The van der Waals surface area contributed by atoms with Gasteiger partial charge in [0, 0.05) is 60.3 Å². The predicted octanol–water partition coefficient (Wildman–Crippen LogP) is 2.75. The molecular weight excluding hydrogens is 496 g/mol. The third-order valence-electron chi connectivity index (χ3n) is 5.98. The Morgan fingerprint density at radius 2 is 1.86 bits per heavy atom. The summed E-state index contributed by atoms with van der Waals surface area (Å²) in [5, 5.41) is 10.7. The van der Waals surface area contributed by atoms with E-state index in [4.69, 9.17) is 14.3 Å². The minimum absolute atomic E-state index is 0.256. The Bertz CT molecular complexity index is 1290. The van der Waals surface area contributed by atoms with Gasteiger partial charge in [-0.2, -0.15) is 4.41 Å². The molecule has 10 nitrogen and oxygen atoms in total. The molecule has 1 aromatic heterocycles. The number of hydrogen-bond acceptors (Lipinski definition) is 8. The van der Waals surface area contributed by atoms with Crippen molar-refractivity contribution in [3.05, 3.63) is 66.1 Å². The van der Waals surface area contributed by atoms with Crippen molar-refractivity contribution in [1.82, 2.24) is 14.4 Å². The molecule has 1 N–H and O–H groups in total. The lowest BCUT2D eigenvalue weighted by Crippen LogP contribution is -2.57. The number of aliphatic carboxylic acids is 1. The Morgan fingerprint density at radius 1 is 1.19 bits per heavy atom. The number of carboxylic acid groups (broad SMARTS) is 1. The number of ether oxygens (including phenoxy) is 1. The molecule has 2 heterocycles. The second-order valence-electron chi connectivity index (χ2n) is 8.46. The number of nitrogens with zero attached hydrogens (tertiary/aromatic N) is 4. The first-order valence-corrected chi connectivity index (χ1v) is 12.7. The van der Waals surface area contributed by atoms with Crippen LogP contribution in [0.1, 0.15) is 24.5 Å². The molecule has 1 aliphatic rings. The maximum Gasteiger partial charge on any atom is 0.305 e. The van der Waals surface area contributed by atoms with Crippen molar-refractivity contribution in [1.29, 1.82) is 0 Å². The smallest absolute Gasteiger partial charge is 0.305 e. The fourth-order valence-corrected chi connectivity index (χ4v) is 4.93. The van der Waals surface area contributed by atoms with E-state index in [1.807, 2.05) is 42.5 Å². The Morgan fingerprint density at radius 3 is 2.46 bits per heavy atom. The first-order valence-electron chi connectivity index (χ1n) is 11.7. The van der Waals surface area contributed by atoms with Gasteiger partial charge in [-0.15, -0.1) is 0 Å². The van der Waals surface area contributed by atoms with Gasteiger partial charge in [-0.25, -0.2) is 9.99 Å². The molecule has 1 fully saturated rings. The maximum atomic E-state index is 11.7. The number of hydrogen-bond donors (Lipinski definition) is 1. The van der Waals surface area contributed by atoms with Crippen LogP contribution in [0.15, 0.2) is 59.3 Å². The molecule has 0 amide bonds. The zero-order chi connectivity index (χ0) is 26.4. The third-order valence-corrected chi connectivity index (χ3v) is 6.88. The van der Waals surface area contributed by atoms with E-state index < -0.39 is 23.3 Å². The van der Waals surface area contributed by atoms with Crippen molar-refractivity contribution in [3.8, 4) is 29.0 Å². The fourth-order valence-electron chi connectivity index (χ4n) is 4.21. The van der Waals surface area contributed by atoms with Crippen LogP contribution < -0.4 is 9.64 Å². The normalized spacial score (nSPS) is 15.6. The van der Waals surface area contributed by atoms with Crippen molar-refractivity contribution in [2.45, 2.75) is 19.4 Å². The van der Waals surface area contributed by atoms with Crippen molar-refractivity contribution in [2.75, 3.05) is 38.2 Å². The molecule has 11 heteroatoms. The van der Waals surface area contributed by atoms with Crippen molar-refractivity contribution in [3.63, 3.8) is 0 Å². The van der Waals surface area contributed by atoms with Gasteiger partial charge < -0.3 is 23.7 Å². The van der Waals surface area contributed by atoms with Crippen LogP contribution in [0.2, 0.25) is 0 Å². The van der Waals surface area contributed by atoms with Crippen LogP contribution >= 0.6 is 0 Å². The number of anilines is 1. The quantitative estimate of drug-likeness (QED) is 0.351. The number of piperazine rings is 1. The average molecular weight is 524 g/mol. The van der Waals surface area contributed by atoms with Crippen LogP contribution in [-0.2, 0) is 16.1 Å². The number of benzene rings is 2. The number of aromatic nitrogens is 1. The van der Waals surface area contributed by atoms with E-state index in [-0.39, 0.29) is 6.42 Å². The van der Waals surface area contributed by atoms with Gasteiger partial charge in [0.1, 0.15) is 12.0 Å². The molecule has 0 radical (unpaired) electrons. The predicted molar refractivity (Wildman–Crippen MR) is 137 cm³/mol. The number of rotatable bonds is 8. The van der Waals surface area contributed by atoms with Crippen LogP contribution in [0.25, 0.3) is 11.5 Å². The average Bonchev–Trinajstić information content (AvgIpc) is 3.42. The summed E-state index contributed by atoms with van der Waals surface area (Å²) in [7, 11) is 1.59. The second-order valence-corrected chi connectivity index (χ2v) is 9.26. The highest BCUT2D eigenvalue weighted by Gasteiger charge is 2.28. The lowest BCUT2D eigenvalue weighted by atomic mass is 10.1. The SMILES string of the molecule is COc1ccc(C#Cc2ccc(N3CCN(N(C(C)CC(=O)O)S(=O)[O-])CC3)cc2)cc1-c1ncco1. The van der Waals surface area contributed by atoms with Crippen molar-refractivity contribution >= 4 is 22.9 Å². The number of hydrazine groups is 1. The van der Waals surface area contributed by atoms with E-state index in [1.165, 1.54) is 6.26 Å². The molecule has 0 spiro atoms. The molecule has 194 valence electrons. The van der Waals surface area contributed by atoms with Crippen molar-refractivity contribution in [2.24, 2.45) is 0 Å². The first-order chi connectivity index (χ1) is 17.9. The summed E-state index contributed by atoms with van der Waals surface area (Å²) in [6.07, 6.45) is 2.83. The lowest BCUT2D eigenvalue weighted by Gasteiger charge is -2.44. The van der Waals surface area contributed by atoms with Gasteiger partial charge in [-0.1, -0.05) is 11.8 Å². The molecule has 1 saturated heterocycles. The van der Waals surface area contributed by atoms with Crippen molar-refractivity contribution < 1.29 is 27.8 Å². The molecule has 2 aromatic carbocycles. The summed E-state index contributed by atoms with van der Waals surface area (Å²) in [5.74, 6) is 6.42. The van der Waals surface area contributed by atoms with Gasteiger partial charge in [0.15, 0.2) is 0 Å². The van der Waals surface area contributed by atoms with Gasteiger partial charge in [-0.3, -0.25) is 9.00 Å². The number of oxazole rings is 1. The molecule has 37 heavy (non-hydrogen) atoms. The summed E-state index contributed by atoms with van der Waals surface area (Å²) in [5.41, 5.74) is 3.39. The van der Waals surface area contributed by atoms with Crippen LogP contribution in [0.5, 0.6) is 5.75 Å². The van der Waals surface area contributed by atoms with E-state index in [0.29, 0.717) is 37.8 Å². The summed E-state index contributed by atoms with van der Waals surface area (Å²) in [4.78, 5) is 17.4. The monoisotopic (exact) mass is 523 g/mol. The van der Waals surface area contributed by atoms with Crippen LogP contribution in [0, 0.1) is 11.8 Å². The maximum absolute atomic E-state index is 11.7. The topological polar surface area (TPSA) is 122 Å². The molecule has 4 rings (SSSR count). The summed E-state index contributed by atoms with van der Waals surface area (Å²) >= 11 is -2.54. The Labute approximate surface area is 217 Å². The summed E-state index contributed by atoms with van der Waals surface area (Å²) in [6.45, 7) is 3.73. The molecule has 0 saturated carbocycles. The van der Waals surface area contributed by atoms with E-state index >= 15 is 0 Å². The summed E-state index contributed by atoms with van der Waals surface area (Å²) in [6, 6.07) is 12.8. The Hall–Kier alpha value is -3.69.